The van der Waals surface area contributed by atoms with E-state index in [0.29, 0.717) is 0 Å². The number of rotatable bonds is 3. The summed E-state index contributed by atoms with van der Waals surface area (Å²) in [6.45, 7) is 1.76. The summed E-state index contributed by atoms with van der Waals surface area (Å²) in [6, 6.07) is 0. The van der Waals surface area contributed by atoms with Crippen molar-refractivity contribution in [1.29, 1.82) is 0 Å². The van der Waals surface area contributed by atoms with Crippen LogP contribution in [0.3, 0.4) is 0 Å². The van der Waals surface area contributed by atoms with Crippen LogP contribution in [0.5, 0.6) is 0 Å². The lowest BCUT2D eigenvalue weighted by Gasteiger charge is -2.23. The van der Waals surface area contributed by atoms with Gasteiger partial charge < -0.3 is 11.1 Å². The Bertz CT molecular complexity index is 193. The van der Waals surface area contributed by atoms with Gasteiger partial charge in [-0.05, 0) is 25.3 Å². The van der Waals surface area contributed by atoms with Crippen molar-refractivity contribution in [2.45, 2.75) is 25.7 Å². The molecule has 0 radical (unpaired) electrons. The van der Waals surface area contributed by atoms with Crippen molar-refractivity contribution in [3.05, 3.63) is 0 Å². The number of nitrogens with one attached hydrogen (secondary N) is 1. The third-order valence-electron chi connectivity index (χ3n) is 3.14. The number of amides is 1. The second-order valence-corrected chi connectivity index (χ2v) is 4.22. The van der Waals surface area contributed by atoms with E-state index in [2.05, 4.69) is 5.32 Å². The summed E-state index contributed by atoms with van der Waals surface area (Å²) < 4.78 is 0. The Morgan fingerprint density at radius 2 is 2.33 bits per heavy atom. The van der Waals surface area contributed by atoms with Crippen molar-refractivity contribution in [2.75, 3.05) is 13.1 Å². The Balaban J connectivity index is 2.03. The zero-order chi connectivity index (χ0) is 8.60. The summed E-state index contributed by atoms with van der Waals surface area (Å²) in [5.41, 5.74) is 5.24. The molecule has 2 aliphatic rings. The van der Waals surface area contributed by atoms with E-state index in [1.807, 2.05) is 0 Å². The summed E-state index contributed by atoms with van der Waals surface area (Å²) in [5.74, 6) is 0.691. The van der Waals surface area contributed by atoms with Crippen LogP contribution in [-0.2, 0) is 4.79 Å². The SMILES string of the molecule is NC(=O)C1(CC2CC2)CCNC1. The predicted molar refractivity (Wildman–Crippen MR) is 46.5 cm³/mol. The van der Waals surface area contributed by atoms with Gasteiger partial charge >= 0.3 is 0 Å². The summed E-state index contributed by atoms with van der Waals surface area (Å²) in [6.07, 6.45) is 4.57. The molecule has 1 unspecified atom stereocenters. The monoisotopic (exact) mass is 168 g/mol. The smallest absolute Gasteiger partial charge is 0.224 e. The molecule has 1 heterocycles. The summed E-state index contributed by atoms with van der Waals surface area (Å²) in [4.78, 5) is 11.3. The maximum Gasteiger partial charge on any atom is 0.224 e. The van der Waals surface area contributed by atoms with Crippen LogP contribution >= 0.6 is 0 Å². The lowest BCUT2D eigenvalue weighted by molar-refractivity contribution is -0.127. The Hall–Kier alpha value is -0.570. The maximum atomic E-state index is 11.3. The second-order valence-electron chi connectivity index (χ2n) is 4.22. The lowest BCUT2D eigenvalue weighted by atomic mass is 9.81. The normalized spacial score (nSPS) is 35.3. The molecule has 0 bridgehead atoms. The van der Waals surface area contributed by atoms with Gasteiger partial charge in [0.1, 0.15) is 0 Å². The van der Waals surface area contributed by atoms with E-state index in [-0.39, 0.29) is 11.3 Å². The molecule has 0 aromatic carbocycles. The van der Waals surface area contributed by atoms with Gasteiger partial charge in [-0.15, -0.1) is 0 Å². The summed E-state index contributed by atoms with van der Waals surface area (Å²) in [5, 5.41) is 3.23. The quantitative estimate of drug-likeness (QED) is 0.634. The Morgan fingerprint density at radius 1 is 1.58 bits per heavy atom. The molecule has 1 amide bonds. The minimum absolute atomic E-state index is 0.0978. The van der Waals surface area contributed by atoms with Crippen molar-refractivity contribution in [2.24, 2.45) is 17.1 Å². The first-order chi connectivity index (χ1) is 5.73. The highest BCUT2D eigenvalue weighted by Gasteiger charge is 2.43. The van der Waals surface area contributed by atoms with Crippen LogP contribution in [0, 0.1) is 11.3 Å². The predicted octanol–water partition coefficient (Wildman–Crippen LogP) is 0.251. The minimum atomic E-state index is -0.193. The average molecular weight is 168 g/mol. The van der Waals surface area contributed by atoms with Crippen LogP contribution in [0.1, 0.15) is 25.7 Å². The van der Waals surface area contributed by atoms with Crippen molar-refractivity contribution in [1.82, 2.24) is 5.32 Å². The molecular formula is C9H16N2O. The van der Waals surface area contributed by atoms with Gasteiger partial charge in [0, 0.05) is 6.54 Å². The topological polar surface area (TPSA) is 55.1 Å². The van der Waals surface area contributed by atoms with E-state index >= 15 is 0 Å². The average Bonchev–Trinajstić information content (AvgIpc) is 2.66. The molecule has 0 aromatic rings. The van der Waals surface area contributed by atoms with E-state index < -0.39 is 0 Å². The fraction of sp³-hybridized carbons (Fsp3) is 0.889. The molecule has 1 saturated carbocycles. The highest BCUT2D eigenvalue weighted by Crippen LogP contribution is 2.42. The van der Waals surface area contributed by atoms with Crippen LogP contribution in [0.2, 0.25) is 0 Å². The van der Waals surface area contributed by atoms with Crippen molar-refractivity contribution in [3.8, 4) is 0 Å². The summed E-state index contributed by atoms with van der Waals surface area (Å²) in [7, 11) is 0. The number of carbonyl (C=O) groups excluding carboxylic acids is 1. The zero-order valence-corrected chi connectivity index (χ0v) is 7.31. The first-order valence-electron chi connectivity index (χ1n) is 4.74. The minimum Gasteiger partial charge on any atom is -0.369 e. The van der Waals surface area contributed by atoms with Crippen LogP contribution in [0.15, 0.2) is 0 Å². The number of hydrogen-bond donors (Lipinski definition) is 2. The first-order valence-corrected chi connectivity index (χ1v) is 4.74. The fourth-order valence-electron chi connectivity index (χ4n) is 2.10. The van der Waals surface area contributed by atoms with Crippen molar-refractivity contribution >= 4 is 5.91 Å². The zero-order valence-electron chi connectivity index (χ0n) is 7.31. The molecule has 3 nitrogen and oxygen atoms in total. The van der Waals surface area contributed by atoms with Gasteiger partial charge in [-0.1, -0.05) is 12.8 Å². The maximum absolute atomic E-state index is 11.3. The van der Waals surface area contributed by atoms with E-state index in [9.17, 15) is 4.79 Å². The number of hydrogen-bond acceptors (Lipinski definition) is 2. The number of nitrogens with two attached hydrogens (primary N) is 1. The van der Waals surface area contributed by atoms with E-state index in [0.717, 1.165) is 31.8 Å². The van der Waals surface area contributed by atoms with Gasteiger partial charge in [0.2, 0.25) is 5.91 Å². The van der Waals surface area contributed by atoms with Gasteiger partial charge in [0.05, 0.1) is 5.41 Å². The first kappa shape index (κ1) is 8.05. The molecule has 12 heavy (non-hydrogen) atoms. The number of carbonyl (C=O) groups is 1. The van der Waals surface area contributed by atoms with Gasteiger partial charge in [0.25, 0.3) is 0 Å². The van der Waals surface area contributed by atoms with Gasteiger partial charge in [-0.3, -0.25) is 4.79 Å². The third-order valence-corrected chi connectivity index (χ3v) is 3.14. The highest BCUT2D eigenvalue weighted by atomic mass is 16.1. The molecule has 3 heteroatoms. The van der Waals surface area contributed by atoms with E-state index in [1.165, 1.54) is 12.8 Å². The molecule has 68 valence electrons. The highest BCUT2D eigenvalue weighted by molar-refractivity contribution is 5.81. The largest absolute Gasteiger partial charge is 0.369 e. The van der Waals surface area contributed by atoms with E-state index in [1.54, 1.807) is 0 Å². The van der Waals surface area contributed by atoms with E-state index in [4.69, 9.17) is 5.73 Å². The second kappa shape index (κ2) is 2.73. The van der Waals surface area contributed by atoms with Crippen LogP contribution in [-0.4, -0.2) is 19.0 Å². The van der Waals surface area contributed by atoms with Crippen LogP contribution < -0.4 is 11.1 Å². The number of primary amides is 1. The molecule has 2 fully saturated rings. The van der Waals surface area contributed by atoms with Gasteiger partial charge in [0.15, 0.2) is 0 Å². The lowest BCUT2D eigenvalue weighted by Crippen LogP contribution is -2.39. The standard InChI is InChI=1S/C9H16N2O/c10-8(12)9(3-4-11-6-9)5-7-1-2-7/h7,11H,1-6H2,(H2,10,12). The molecule has 0 spiro atoms. The van der Waals surface area contributed by atoms with Crippen molar-refractivity contribution in [3.63, 3.8) is 0 Å². The molecule has 1 atom stereocenters. The van der Waals surface area contributed by atoms with Gasteiger partial charge in [-0.25, -0.2) is 0 Å². The third kappa shape index (κ3) is 1.33. The molecule has 1 aliphatic heterocycles. The Morgan fingerprint density at radius 3 is 2.75 bits per heavy atom. The van der Waals surface area contributed by atoms with Gasteiger partial charge in [-0.2, -0.15) is 0 Å². The van der Waals surface area contributed by atoms with Crippen LogP contribution in [0.4, 0.5) is 0 Å². The molecular weight excluding hydrogens is 152 g/mol. The molecule has 3 N–H and O–H groups in total. The molecule has 1 saturated heterocycles. The molecule has 0 aromatic heterocycles. The van der Waals surface area contributed by atoms with Crippen LogP contribution in [0.25, 0.3) is 0 Å². The molecule has 1 aliphatic carbocycles. The molecule has 2 rings (SSSR count). The van der Waals surface area contributed by atoms with Crippen molar-refractivity contribution < 1.29 is 4.79 Å². The summed E-state index contributed by atoms with van der Waals surface area (Å²) >= 11 is 0. The fourth-order valence-corrected chi connectivity index (χ4v) is 2.10. The Labute approximate surface area is 72.7 Å². The Kier molecular flexibility index (Phi) is 1.83.